The number of hydrogen-bond acceptors (Lipinski definition) is 2. The van der Waals surface area contributed by atoms with Crippen LogP contribution < -0.4 is 0 Å². The monoisotopic (exact) mass is 227 g/mol. The van der Waals surface area contributed by atoms with Crippen LogP contribution in [0.2, 0.25) is 0 Å². The van der Waals surface area contributed by atoms with Gasteiger partial charge in [-0.05, 0) is 32.6 Å². The van der Waals surface area contributed by atoms with Crippen LogP contribution in [-0.2, 0) is 9.59 Å². The van der Waals surface area contributed by atoms with Crippen LogP contribution in [-0.4, -0.2) is 35.0 Å². The van der Waals surface area contributed by atoms with Crippen LogP contribution in [0.5, 0.6) is 0 Å². The minimum Gasteiger partial charge on any atom is -0.481 e. The molecular formula is C12H21NO3. The van der Waals surface area contributed by atoms with Gasteiger partial charge in [0.1, 0.15) is 0 Å². The van der Waals surface area contributed by atoms with Gasteiger partial charge in [0, 0.05) is 19.0 Å². The predicted molar refractivity (Wildman–Crippen MR) is 61.0 cm³/mol. The van der Waals surface area contributed by atoms with E-state index in [1.54, 1.807) is 4.90 Å². The Morgan fingerprint density at radius 3 is 2.38 bits per heavy atom. The van der Waals surface area contributed by atoms with Crippen molar-refractivity contribution in [3.63, 3.8) is 0 Å². The Hall–Kier alpha value is -1.06. The number of amides is 1. The van der Waals surface area contributed by atoms with Crippen LogP contribution in [0.3, 0.4) is 0 Å². The first-order valence-corrected chi connectivity index (χ1v) is 5.96. The molecule has 0 aliphatic heterocycles. The van der Waals surface area contributed by atoms with Crippen LogP contribution >= 0.6 is 0 Å². The van der Waals surface area contributed by atoms with E-state index in [9.17, 15) is 9.59 Å². The third kappa shape index (κ3) is 2.74. The van der Waals surface area contributed by atoms with Gasteiger partial charge in [0.2, 0.25) is 5.91 Å². The van der Waals surface area contributed by atoms with Gasteiger partial charge >= 0.3 is 5.97 Å². The summed E-state index contributed by atoms with van der Waals surface area (Å²) >= 11 is 0. The second kappa shape index (κ2) is 5.32. The average Bonchev–Trinajstić information content (AvgIpc) is 2.75. The van der Waals surface area contributed by atoms with Gasteiger partial charge in [-0.1, -0.05) is 6.92 Å². The van der Waals surface area contributed by atoms with Crippen molar-refractivity contribution >= 4 is 11.9 Å². The molecule has 0 aromatic rings. The standard InChI is InChI=1S/C12H21NO3/c1-4-8(2)13(3)11(14)9-5-6-10(7-9)12(15)16/h8-10H,4-7H2,1-3H3,(H,15,16). The topological polar surface area (TPSA) is 57.6 Å². The summed E-state index contributed by atoms with van der Waals surface area (Å²) in [5.74, 6) is -1.06. The summed E-state index contributed by atoms with van der Waals surface area (Å²) in [6.07, 6.45) is 2.79. The molecular weight excluding hydrogens is 206 g/mol. The Bertz CT molecular complexity index is 277. The van der Waals surface area contributed by atoms with E-state index in [-0.39, 0.29) is 23.8 Å². The number of carboxylic acid groups (broad SMARTS) is 1. The van der Waals surface area contributed by atoms with E-state index >= 15 is 0 Å². The second-order valence-electron chi connectivity index (χ2n) is 4.75. The fourth-order valence-corrected chi connectivity index (χ4v) is 2.21. The summed E-state index contributed by atoms with van der Waals surface area (Å²) in [6.45, 7) is 4.06. The van der Waals surface area contributed by atoms with Gasteiger partial charge in [0.25, 0.3) is 0 Å². The molecule has 0 radical (unpaired) electrons. The molecule has 4 nitrogen and oxygen atoms in total. The Kier molecular flexibility index (Phi) is 4.33. The Morgan fingerprint density at radius 2 is 1.94 bits per heavy atom. The predicted octanol–water partition coefficient (Wildman–Crippen LogP) is 1.74. The molecule has 1 amide bonds. The van der Waals surface area contributed by atoms with Crippen LogP contribution in [0.25, 0.3) is 0 Å². The molecule has 0 bridgehead atoms. The smallest absolute Gasteiger partial charge is 0.306 e. The SMILES string of the molecule is CCC(C)N(C)C(=O)C1CCC(C(=O)O)C1. The third-order valence-corrected chi connectivity index (χ3v) is 3.73. The van der Waals surface area contributed by atoms with Crippen molar-refractivity contribution in [1.82, 2.24) is 4.90 Å². The lowest BCUT2D eigenvalue weighted by Crippen LogP contribution is -2.38. The highest BCUT2D eigenvalue weighted by Crippen LogP contribution is 2.32. The van der Waals surface area contributed by atoms with E-state index in [4.69, 9.17) is 5.11 Å². The van der Waals surface area contributed by atoms with Crippen LogP contribution in [0.1, 0.15) is 39.5 Å². The maximum Gasteiger partial charge on any atom is 0.306 e. The van der Waals surface area contributed by atoms with Gasteiger partial charge in [0.05, 0.1) is 5.92 Å². The highest BCUT2D eigenvalue weighted by Gasteiger charge is 2.35. The van der Waals surface area contributed by atoms with Gasteiger partial charge < -0.3 is 10.0 Å². The number of carbonyl (C=O) groups excluding carboxylic acids is 1. The molecule has 0 heterocycles. The minimum absolute atomic E-state index is 0.0832. The van der Waals surface area contributed by atoms with Crippen molar-refractivity contribution < 1.29 is 14.7 Å². The molecule has 0 aromatic carbocycles. The number of aliphatic carboxylic acids is 1. The number of carboxylic acids is 1. The van der Waals surface area contributed by atoms with Gasteiger partial charge in [-0.15, -0.1) is 0 Å². The van der Waals surface area contributed by atoms with E-state index in [0.717, 1.165) is 12.8 Å². The van der Waals surface area contributed by atoms with Crippen molar-refractivity contribution in [2.75, 3.05) is 7.05 Å². The molecule has 3 unspecified atom stereocenters. The molecule has 0 aromatic heterocycles. The Morgan fingerprint density at radius 1 is 1.38 bits per heavy atom. The summed E-state index contributed by atoms with van der Waals surface area (Å²) in [4.78, 5) is 24.6. The maximum absolute atomic E-state index is 12.0. The van der Waals surface area contributed by atoms with E-state index in [0.29, 0.717) is 12.8 Å². The molecule has 0 saturated heterocycles. The molecule has 1 rings (SSSR count). The third-order valence-electron chi connectivity index (χ3n) is 3.73. The van der Waals surface area contributed by atoms with Crippen molar-refractivity contribution in [1.29, 1.82) is 0 Å². The second-order valence-corrected chi connectivity index (χ2v) is 4.75. The molecule has 92 valence electrons. The molecule has 1 saturated carbocycles. The largest absolute Gasteiger partial charge is 0.481 e. The quantitative estimate of drug-likeness (QED) is 0.796. The maximum atomic E-state index is 12.0. The summed E-state index contributed by atoms with van der Waals surface area (Å²) in [5, 5.41) is 8.88. The van der Waals surface area contributed by atoms with Gasteiger partial charge in [0.15, 0.2) is 0 Å². The molecule has 1 N–H and O–H groups in total. The lowest BCUT2D eigenvalue weighted by Gasteiger charge is -2.26. The van der Waals surface area contributed by atoms with Crippen LogP contribution in [0.15, 0.2) is 0 Å². The zero-order chi connectivity index (χ0) is 12.3. The van der Waals surface area contributed by atoms with E-state index in [2.05, 4.69) is 0 Å². The fraction of sp³-hybridized carbons (Fsp3) is 0.833. The van der Waals surface area contributed by atoms with Gasteiger partial charge in [-0.25, -0.2) is 0 Å². The highest BCUT2D eigenvalue weighted by atomic mass is 16.4. The van der Waals surface area contributed by atoms with Crippen molar-refractivity contribution in [2.24, 2.45) is 11.8 Å². The Labute approximate surface area is 96.6 Å². The van der Waals surface area contributed by atoms with Crippen molar-refractivity contribution in [3.8, 4) is 0 Å². The van der Waals surface area contributed by atoms with Crippen molar-refractivity contribution in [2.45, 2.75) is 45.6 Å². The number of rotatable bonds is 4. The molecule has 0 spiro atoms. The van der Waals surface area contributed by atoms with Crippen molar-refractivity contribution in [3.05, 3.63) is 0 Å². The zero-order valence-electron chi connectivity index (χ0n) is 10.3. The minimum atomic E-state index is -0.763. The zero-order valence-corrected chi connectivity index (χ0v) is 10.3. The first kappa shape index (κ1) is 13.0. The number of carbonyl (C=O) groups is 2. The molecule has 3 atom stereocenters. The number of hydrogen-bond donors (Lipinski definition) is 1. The van der Waals surface area contributed by atoms with Crippen LogP contribution in [0, 0.1) is 11.8 Å². The lowest BCUT2D eigenvalue weighted by atomic mass is 10.0. The van der Waals surface area contributed by atoms with Gasteiger partial charge in [-0.3, -0.25) is 9.59 Å². The van der Waals surface area contributed by atoms with E-state index in [1.165, 1.54) is 0 Å². The highest BCUT2D eigenvalue weighted by molar-refractivity contribution is 5.81. The molecule has 1 fully saturated rings. The summed E-state index contributed by atoms with van der Waals surface area (Å²) in [5.41, 5.74) is 0. The molecule has 4 heteroatoms. The normalized spacial score (nSPS) is 26.4. The summed E-state index contributed by atoms with van der Waals surface area (Å²) in [6, 6.07) is 0.233. The first-order chi connectivity index (χ1) is 7.47. The molecule has 16 heavy (non-hydrogen) atoms. The summed E-state index contributed by atoms with van der Waals surface area (Å²) < 4.78 is 0. The van der Waals surface area contributed by atoms with E-state index in [1.807, 2.05) is 20.9 Å². The van der Waals surface area contributed by atoms with E-state index < -0.39 is 5.97 Å². The first-order valence-electron chi connectivity index (χ1n) is 5.96. The molecule has 1 aliphatic carbocycles. The Balaban J connectivity index is 2.54. The van der Waals surface area contributed by atoms with Gasteiger partial charge in [-0.2, -0.15) is 0 Å². The average molecular weight is 227 g/mol. The summed E-state index contributed by atoms with van der Waals surface area (Å²) in [7, 11) is 1.81. The van der Waals surface area contributed by atoms with Crippen LogP contribution in [0.4, 0.5) is 0 Å². The molecule has 1 aliphatic rings. The lowest BCUT2D eigenvalue weighted by molar-refractivity contribution is -0.141. The fourth-order valence-electron chi connectivity index (χ4n) is 2.21. The number of nitrogens with zero attached hydrogens (tertiary/aromatic N) is 1.